The summed E-state index contributed by atoms with van der Waals surface area (Å²) >= 11 is 1.59. The van der Waals surface area contributed by atoms with Gasteiger partial charge >= 0.3 is 0 Å². The van der Waals surface area contributed by atoms with Crippen molar-refractivity contribution in [1.82, 2.24) is 14.4 Å². The molecule has 3 aromatic heterocycles. The number of thiazole rings is 1. The van der Waals surface area contributed by atoms with Crippen molar-refractivity contribution < 1.29 is 0 Å². The van der Waals surface area contributed by atoms with Gasteiger partial charge in [-0.2, -0.15) is 0 Å². The fourth-order valence-corrected chi connectivity index (χ4v) is 3.26. The average molecular weight is 242 g/mol. The number of imidazole rings is 1. The maximum absolute atomic E-state index is 5.81. The van der Waals surface area contributed by atoms with Gasteiger partial charge in [-0.3, -0.25) is 4.40 Å². The van der Waals surface area contributed by atoms with Crippen molar-refractivity contribution in [3.8, 4) is 11.4 Å². The second-order valence-electron chi connectivity index (χ2n) is 4.16. The molecule has 0 radical (unpaired) electrons. The van der Waals surface area contributed by atoms with E-state index in [0.717, 1.165) is 35.6 Å². The van der Waals surface area contributed by atoms with Crippen LogP contribution in [0.1, 0.15) is 10.6 Å². The summed E-state index contributed by atoms with van der Waals surface area (Å²) in [4.78, 5) is 10.4. The van der Waals surface area contributed by atoms with E-state index in [2.05, 4.69) is 14.4 Å². The molecule has 4 nitrogen and oxygen atoms in total. The minimum absolute atomic E-state index is 0.647. The largest absolute Gasteiger partial charge is 0.375 e. The molecule has 17 heavy (non-hydrogen) atoms. The van der Waals surface area contributed by atoms with Crippen LogP contribution in [-0.4, -0.2) is 14.4 Å². The fraction of sp³-hybridized carbons (Fsp3) is 0.167. The van der Waals surface area contributed by atoms with Gasteiger partial charge in [0.05, 0.1) is 11.4 Å². The Bertz CT molecular complexity index is 725. The summed E-state index contributed by atoms with van der Waals surface area (Å²) < 4.78 is 2.10. The molecule has 4 rings (SSSR count). The molecule has 1 aliphatic carbocycles. The van der Waals surface area contributed by atoms with Crippen LogP contribution < -0.4 is 5.73 Å². The highest BCUT2D eigenvalue weighted by Gasteiger charge is 2.24. The SMILES string of the molecule is Nc1nc2c(s1)CCc1nc3ccccn3c1-2. The Morgan fingerprint density at radius 2 is 2.18 bits per heavy atom. The van der Waals surface area contributed by atoms with Crippen LogP contribution in [0.25, 0.3) is 17.0 Å². The zero-order valence-corrected chi connectivity index (χ0v) is 9.87. The monoisotopic (exact) mass is 242 g/mol. The number of nitrogens with zero attached hydrogens (tertiary/aromatic N) is 3. The first-order chi connectivity index (χ1) is 8.33. The van der Waals surface area contributed by atoms with Gasteiger partial charge in [0.1, 0.15) is 11.3 Å². The fourth-order valence-electron chi connectivity index (χ4n) is 2.43. The molecule has 0 bridgehead atoms. The predicted octanol–water partition coefficient (Wildman–Crippen LogP) is 2.14. The Kier molecular flexibility index (Phi) is 1.66. The summed E-state index contributed by atoms with van der Waals surface area (Å²) in [7, 11) is 0. The lowest BCUT2D eigenvalue weighted by molar-refractivity contribution is 0.918. The third-order valence-corrected chi connectivity index (χ3v) is 4.07. The summed E-state index contributed by atoms with van der Waals surface area (Å²) in [5.41, 5.74) is 10.1. The van der Waals surface area contributed by atoms with Crippen LogP contribution in [0.2, 0.25) is 0 Å². The lowest BCUT2D eigenvalue weighted by atomic mass is 10.0. The standard InChI is InChI=1S/C12H10N4S/c13-12-15-10-8(17-12)5-4-7-11(10)16-6-2-1-3-9(16)14-7/h1-3,6H,4-5H2,(H2,13,15). The Hall–Kier alpha value is -1.88. The predicted molar refractivity (Wildman–Crippen MR) is 68.1 cm³/mol. The summed E-state index contributed by atoms with van der Waals surface area (Å²) in [5.74, 6) is 0. The molecular formula is C12H10N4S. The number of pyridine rings is 1. The number of rotatable bonds is 0. The summed E-state index contributed by atoms with van der Waals surface area (Å²) in [6, 6.07) is 6.04. The van der Waals surface area contributed by atoms with Gasteiger partial charge in [-0.25, -0.2) is 9.97 Å². The normalized spacial score (nSPS) is 13.6. The molecule has 0 saturated heterocycles. The van der Waals surface area contributed by atoms with Crippen molar-refractivity contribution in [2.45, 2.75) is 12.8 Å². The minimum atomic E-state index is 0.647. The molecule has 3 aromatic rings. The first kappa shape index (κ1) is 9.18. The Morgan fingerprint density at radius 3 is 3.12 bits per heavy atom. The highest BCUT2D eigenvalue weighted by Crippen LogP contribution is 2.37. The van der Waals surface area contributed by atoms with Crippen molar-refractivity contribution in [3.63, 3.8) is 0 Å². The van der Waals surface area contributed by atoms with E-state index in [1.165, 1.54) is 4.88 Å². The summed E-state index contributed by atoms with van der Waals surface area (Å²) in [6.45, 7) is 0. The van der Waals surface area contributed by atoms with E-state index in [-0.39, 0.29) is 0 Å². The Labute approximate surface area is 102 Å². The number of nitrogen functional groups attached to an aromatic ring is 1. The summed E-state index contributed by atoms with van der Waals surface area (Å²) in [5, 5.41) is 0.647. The molecule has 0 aromatic carbocycles. The van der Waals surface area contributed by atoms with Crippen LogP contribution in [0, 0.1) is 0 Å². The maximum atomic E-state index is 5.81. The molecule has 2 N–H and O–H groups in total. The van der Waals surface area contributed by atoms with Crippen LogP contribution in [0.4, 0.5) is 5.13 Å². The Morgan fingerprint density at radius 1 is 1.24 bits per heavy atom. The van der Waals surface area contributed by atoms with Gasteiger partial charge in [-0.1, -0.05) is 6.07 Å². The molecular weight excluding hydrogens is 232 g/mol. The second-order valence-corrected chi connectivity index (χ2v) is 5.28. The molecule has 0 spiro atoms. The quantitative estimate of drug-likeness (QED) is 0.657. The van der Waals surface area contributed by atoms with E-state index < -0.39 is 0 Å². The minimum Gasteiger partial charge on any atom is -0.375 e. The van der Waals surface area contributed by atoms with Crippen LogP contribution in [-0.2, 0) is 12.8 Å². The van der Waals surface area contributed by atoms with Crippen molar-refractivity contribution in [1.29, 1.82) is 0 Å². The first-order valence-corrected chi connectivity index (χ1v) is 6.36. The van der Waals surface area contributed by atoms with Crippen LogP contribution in [0.5, 0.6) is 0 Å². The number of aromatic nitrogens is 3. The molecule has 84 valence electrons. The van der Waals surface area contributed by atoms with Gasteiger partial charge in [0.25, 0.3) is 0 Å². The van der Waals surface area contributed by atoms with E-state index in [0.29, 0.717) is 5.13 Å². The third kappa shape index (κ3) is 1.17. The highest BCUT2D eigenvalue weighted by molar-refractivity contribution is 7.15. The van der Waals surface area contributed by atoms with Gasteiger partial charge in [0.15, 0.2) is 5.13 Å². The van der Waals surface area contributed by atoms with Gasteiger partial charge < -0.3 is 5.73 Å². The van der Waals surface area contributed by atoms with E-state index in [1.54, 1.807) is 11.3 Å². The second kappa shape index (κ2) is 3.07. The third-order valence-electron chi connectivity index (χ3n) is 3.13. The van der Waals surface area contributed by atoms with E-state index in [9.17, 15) is 0 Å². The molecule has 0 atom stereocenters. The maximum Gasteiger partial charge on any atom is 0.180 e. The molecule has 1 aliphatic rings. The topological polar surface area (TPSA) is 56.2 Å². The highest BCUT2D eigenvalue weighted by atomic mass is 32.1. The van der Waals surface area contributed by atoms with Gasteiger partial charge in [-0.15, -0.1) is 11.3 Å². The number of nitrogens with two attached hydrogens (primary N) is 1. The molecule has 3 heterocycles. The van der Waals surface area contributed by atoms with Crippen LogP contribution >= 0.6 is 11.3 Å². The summed E-state index contributed by atoms with van der Waals surface area (Å²) in [6.07, 6.45) is 4.01. The smallest absolute Gasteiger partial charge is 0.180 e. The van der Waals surface area contributed by atoms with Crippen molar-refractivity contribution in [2.75, 3.05) is 5.73 Å². The van der Waals surface area contributed by atoms with Crippen molar-refractivity contribution in [3.05, 3.63) is 35.0 Å². The van der Waals surface area contributed by atoms with Crippen LogP contribution in [0.3, 0.4) is 0 Å². The number of anilines is 1. The molecule has 0 amide bonds. The lowest BCUT2D eigenvalue weighted by Crippen LogP contribution is -2.02. The lowest BCUT2D eigenvalue weighted by Gasteiger charge is -2.09. The van der Waals surface area contributed by atoms with Gasteiger partial charge in [0, 0.05) is 11.1 Å². The molecule has 0 unspecified atom stereocenters. The van der Waals surface area contributed by atoms with E-state index in [4.69, 9.17) is 5.73 Å². The number of hydrogen-bond donors (Lipinski definition) is 1. The number of aryl methyl sites for hydroxylation is 2. The first-order valence-electron chi connectivity index (χ1n) is 5.54. The van der Waals surface area contributed by atoms with E-state index in [1.807, 2.05) is 24.4 Å². The van der Waals surface area contributed by atoms with E-state index >= 15 is 0 Å². The van der Waals surface area contributed by atoms with Gasteiger partial charge in [0.2, 0.25) is 0 Å². The molecule has 0 saturated carbocycles. The number of hydrogen-bond acceptors (Lipinski definition) is 4. The van der Waals surface area contributed by atoms with Crippen LogP contribution in [0.15, 0.2) is 24.4 Å². The van der Waals surface area contributed by atoms with Crippen molar-refractivity contribution in [2.24, 2.45) is 0 Å². The average Bonchev–Trinajstić information content (AvgIpc) is 2.87. The van der Waals surface area contributed by atoms with Crippen molar-refractivity contribution >= 4 is 22.1 Å². The zero-order chi connectivity index (χ0) is 11.4. The molecule has 5 heteroatoms. The zero-order valence-electron chi connectivity index (χ0n) is 9.05. The Balaban J connectivity index is 2.13. The van der Waals surface area contributed by atoms with Gasteiger partial charge in [-0.05, 0) is 25.0 Å². The molecule has 0 aliphatic heterocycles. The number of fused-ring (bicyclic) bond motifs is 5. The molecule has 0 fully saturated rings.